The van der Waals surface area contributed by atoms with Gasteiger partial charge in [0.25, 0.3) is 0 Å². The Bertz CT molecular complexity index is 863. The Hall–Kier alpha value is -2.36. The van der Waals surface area contributed by atoms with Crippen LogP contribution < -0.4 is 5.32 Å². The van der Waals surface area contributed by atoms with Crippen molar-refractivity contribution >= 4 is 33.8 Å². The third-order valence-electron chi connectivity index (χ3n) is 4.18. The lowest BCUT2D eigenvalue weighted by atomic mass is 10.2. The Morgan fingerprint density at radius 3 is 3.00 bits per heavy atom. The molecule has 0 aromatic carbocycles. The first-order chi connectivity index (χ1) is 13.3. The van der Waals surface area contributed by atoms with Crippen LogP contribution in [-0.2, 0) is 11.3 Å². The molecule has 3 aromatic heterocycles. The van der Waals surface area contributed by atoms with Crippen molar-refractivity contribution in [3.63, 3.8) is 0 Å². The summed E-state index contributed by atoms with van der Waals surface area (Å²) >= 11 is 2.95. The maximum absolute atomic E-state index is 12.9. The van der Waals surface area contributed by atoms with Gasteiger partial charge in [-0.15, -0.1) is 21.5 Å². The highest BCUT2D eigenvalue weighted by Gasteiger charge is 2.24. The van der Waals surface area contributed by atoms with Gasteiger partial charge >= 0.3 is 6.03 Å². The highest BCUT2D eigenvalue weighted by atomic mass is 32.1. The Morgan fingerprint density at radius 1 is 1.30 bits per heavy atom. The van der Waals surface area contributed by atoms with E-state index in [1.54, 1.807) is 22.4 Å². The molecule has 0 aliphatic carbocycles. The minimum absolute atomic E-state index is 0.0919. The van der Waals surface area contributed by atoms with Gasteiger partial charge < -0.3 is 9.64 Å². The molecule has 1 aliphatic rings. The first kappa shape index (κ1) is 18.0. The van der Waals surface area contributed by atoms with E-state index < -0.39 is 0 Å². The summed E-state index contributed by atoms with van der Waals surface area (Å²) in [7, 11) is 0. The predicted octanol–water partition coefficient (Wildman–Crippen LogP) is 3.87. The molecule has 1 fully saturated rings. The molecule has 1 atom stereocenters. The summed E-state index contributed by atoms with van der Waals surface area (Å²) in [5.41, 5.74) is 0.741. The number of carbonyl (C=O) groups excluding carboxylic acids is 1. The molecule has 3 aromatic rings. The monoisotopic (exact) mass is 401 g/mol. The molecule has 1 aliphatic heterocycles. The smallest absolute Gasteiger partial charge is 0.324 e. The van der Waals surface area contributed by atoms with Gasteiger partial charge in [-0.2, -0.15) is 0 Å². The fourth-order valence-corrected chi connectivity index (χ4v) is 4.31. The second-order valence-electron chi connectivity index (χ2n) is 6.15. The van der Waals surface area contributed by atoms with Gasteiger partial charge in [0.15, 0.2) is 5.01 Å². The first-order valence-electron chi connectivity index (χ1n) is 8.73. The van der Waals surface area contributed by atoms with Crippen molar-refractivity contribution in [3.05, 3.63) is 46.8 Å². The topological polar surface area (TPSA) is 80.2 Å². The van der Waals surface area contributed by atoms with Crippen LogP contribution in [0.3, 0.4) is 0 Å². The number of hydrogen-bond acceptors (Lipinski definition) is 7. The van der Waals surface area contributed by atoms with E-state index in [-0.39, 0.29) is 12.1 Å². The summed E-state index contributed by atoms with van der Waals surface area (Å²) in [6.45, 7) is 1.88. The number of thiophene rings is 1. The summed E-state index contributed by atoms with van der Waals surface area (Å²) < 4.78 is 5.71. The molecule has 140 valence electrons. The van der Waals surface area contributed by atoms with Crippen LogP contribution in [0, 0.1) is 0 Å². The van der Waals surface area contributed by atoms with Gasteiger partial charge in [0, 0.05) is 24.2 Å². The number of carbonyl (C=O) groups is 1. The van der Waals surface area contributed by atoms with Crippen LogP contribution in [0.25, 0.3) is 10.7 Å². The van der Waals surface area contributed by atoms with E-state index in [0.29, 0.717) is 23.2 Å². The molecule has 0 bridgehead atoms. The van der Waals surface area contributed by atoms with Crippen molar-refractivity contribution in [2.45, 2.75) is 25.5 Å². The standard InChI is InChI=1S/C18H19N5O2S2/c24-18(20-17-22-21-16(27-17)15-7-1-2-8-19-15)23(11-13-5-3-9-25-13)12-14-6-4-10-26-14/h1-2,4,6-8,10,13H,3,5,9,11-12H2,(H,20,22,24)/t13-/m0/s1. The van der Waals surface area contributed by atoms with E-state index >= 15 is 0 Å². The van der Waals surface area contributed by atoms with E-state index in [2.05, 4.69) is 20.5 Å². The maximum atomic E-state index is 12.9. The van der Waals surface area contributed by atoms with Crippen LogP contribution in [-0.4, -0.2) is 45.4 Å². The van der Waals surface area contributed by atoms with Gasteiger partial charge in [-0.05, 0) is 36.4 Å². The Balaban J connectivity index is 1.45. The Kier molecular flexibility index (Phi) is 5.71. The second kappa shape index (κ2) is 8.55. The van der Waals surface area contributed by atoms with Crippen LogP contribution >= 0.6 is 22.7 Å². The number of nitrogens with zero attached hydrogens (tertiary/aromatic N) is 4. The molecule has 4 rings (SSSR count). The zero-order valence-electron chi connectivity index (χ0n) is 14.6. The molecule has 2 amide bonds. The third-order valence-corrected chi connectivity index (χ3v) is 5.91. The quantitative estimate of drug-likeness (QED) is 0.678. The summed E-state index contributed by atoms with van der Waals surface area (Å²) in [5, 5.41) is 14.2. The SMILES string of the molecule is O=C(Nc1nnc(-c2ccccn2)s1)N(Cc1cccs1)C[C@@H]1CCCO1. The summed E-state index contributed by atoms with van der Waals surface area (Å²) in [4.78, 5) is 20.0. The highest BCUT2D eigenvalue weighted by molar-refractivity contribution is 7.18. The van der Waals surface area contributed by atoms with Crippen molar-refractivity contribution < 1.29 is 9.53 Å². The number of urea groups is 1. The molecule has 0 saturated carbocycles. The molecule has 0 unspecified atom stereocenters. The molecule has 7 nitrogen and oxygen atoms in total. The molecule has 0 spiro atoms. The number of aromatic nitrogens is 3. The van der Waals surface area contributed by atoms with Gasteiger partial charge in [0.05, 0.1) is 12.6 Å². The minimum atomic E-state index is -0.192. The number of rotatable bonds is 6. The van der Waals surface area contributed by atoms with Gasteiger partial charge in [-0.3, -0.25) is 10.3 Å². The van der Waals surface area contributed by atoms with Crippen molar-refractivity contribution in [3.8, 4) is 10.7 Å². The third kappa shape index (κ3) is 4.68. The van der Waals surface area contributed by atoms with E-state index in [4.69, 9.17) is 4.74 Å². The fourth-order valence-electron chi connectivity index (χ4n) is 2.88. The maximum Gasteiger partial charge on any atom is 0.324 e. The normalized spacial score (nSPS) is 16.4. The zero-order chi connectivity index (χ0) is 18.5. The van der Waals surface area contributed by atoms with Crippen molar-refractivity contribution in [2.75, 3.05) is 18.5 Å². The van der Waals surface area contributed by atoms with E-state index in [1.165, 1.54) is 11.3 Å². The first-order valence-corrected chi connectivity index (χ1v) is 10.4. The van der Waals surface area contributed by atoms with Crippen molar-refractivity contribution in [1.29, 1.82) is 0 Å². The number of anilines is 1. The lowest BCUT2D eigenvalue weighted by molar-refractivity contribution is 0.0821. The summed E-state index contributed by atoms with van der Waals surface area (Å²) in [6.07, 6.45) is 3.83. The summed E-state index contributed by atoms with van der Waals surface area (Å²) in [6, 6.07) is 9.44. The average molecular weight is 402 g/mol. The van der Waals surface area contributed by atoms with Crippen LogP contribution in [0.1, 0.15) is 17.7 Å². The molecule has 1 saturated heterocycles. The number of hydrogen-bond donors (Lipinski definition) is 1. The molecule has 1 N–H and O–H groups in total. The fraction of sp³-hybridized carbons (Fsp3) is 0.333. The van der Waals surface area contributed by atoms with E-state index in [9.17, 15) is 4.79 Å². The summed E-state index contributed by atoms with van der Waals surface area (Å²) in [5.74, 6) is 0. The average Bonchev–Trinajstić information content (AvgIpc) is 3.45. The minimum Gasteiger partial charge on any atom is -0.376 e. The number of nitrogens with one attached hydrogen (secondary N) is 1. The van der Waals surface area contributed by atoms with Crippen LogP contribution in [0.5, 0.6) is 0 Å². The van der Waals surface area contributed by atoms with Crippen LogP contribution in [0.4, 0.5) is 9.93 Å². The lowest BCUT2D eigenvalue weighted by Gasteiger charge is -2.24. The number of ether oxygens (including phenoxy) is 1. The van der Waals surface area contributed by atoms with Crippen molar-refractivity contribution in [2.24, 2.45) is 0 Å². The van der Waals surface area contributed by atoms with Crippen LogP contribution in [0.2, 0.25) is 0 Å². The molecule has 4 heterocycles. The largest absolute Gasteiger partial charge is 0.376 e. The lowest BCUT2D eigenvalue weighted by Crippen LogP contribution is -2.39. The Morgan fingerprint density at radius 2 is 2.26 bits per heavy atom. The molecular formula is C18H19N5O2S2. The van der Waals surface area contributed by atoms with Crippen LogP contribution in [0.15, 0.2) is 41.9 Å². The number of amides is 2. The highest BCUT2D eigenvalue weighted by Crippen LogP contribution is 2.25. The van der Waals surface area contributed by atoms with Gasteiger partial charge in [-0.1, -0.05) is 23.5 Å². The van der Waals surface area contributed by atoms with E-state index in [1.807, 2.05) is 35.7 Å². The van der Waals surface area contributed by atoms with Gasteiger partial charge in [0.1, 0.15) is 5.69 Å². The molecule has 0 radical (unpaired) electrons. The molecular weight excluding hydrogens is 382 g/mol. The predicted molar refractivity (Wildman–Crippen MR) is 106 cm³/mol. The van der Waals surface area contributed by atoms with E-state index in [0.717, 1.165) is 30.0 Å². The molecule has 9 heteroatoms. The van der Waals surface area contributed by atoms with Gasteiger partial charge in [-0.25, -0.2) is 4.79 Å². The Labute approximate surface area is 165 Å². The van der Waals surface area contributed by atoms with Gasteiger partial charge in [0.2, 0.25) is 5.13 Å². The zero-order valence-corrected chi connectivity index (χ0v) is 16.2. The number of pyridine rings is 1. The molecule has 27 heavy (non-hydrogen) atoms. The second-order valence-corrected chi connectivity index (χ2v) is 8.16. The van der Waals surface area contributed by atoms with Crippen molar-refractivity contribution in [1.82, 2.24) is 20.1 Å².